The zero-order valence-electron chi connectivity index (χ0n) is 29.8. The lowest BCUT2D eigenvalue weighted by Crippen LogP contribution is -2.10. The van der Waals surface area contributed by atoms with E-state index in [2.05, 4.69) is 187 Å². The molecule has 3 heteroatoms. The van der Waals surface area contributed by atoms with Crippen molar-refractivity contribution < 1.29 is 8.83 Å². The zero-order chi connectivity index (χ0) is 36.3. The Labute approximate surface area is 317 Å². The summed E-state index contributed by atoms with van der Waals surface area (Å²) in [6.45, 7) is 0. The van der Waals surface area contributed by atoms with Gasteiger partial charge in [-0.05, 0) is 69.4 Å². The van der Waals surface area contributed by atoms with Gasteiger partial charge in [0.15, 0.2) is 5.58 Å². The molecule has 11 aromatic rings. The molecule has 0 radical (unpaired) electrons. The average molecular weight is 704 g/mol. The summed E-state index contributed by atoms with van der Waals surface area (Å²) in [5, 5.41) is 6.90. The van der Waals surface area contributed by atoms with Crippen LogP contribution in [0.1, 0.15) is 0 Å². The highest BCUT2D eigenvalue weighted by molar-refractivity contribution is 6.14. The molecule has 9 aromatic carbocycles. The molecular weight excluding hydrogens is 671 g/mol. The smallest absolute Gasteiger partial charge is 0.159 e. The fourth-order valence-corrected chi connectivity index (χ4v) is 8.29. The Bertz CT molecular complexity index is 3180. The van der Waals surface area contributed by atoms with E-state index in [4.69, 9.17) is 8.83 Å². The van der Waals surface area contributed by atoms with Crippen LogP contribution in [0, 0.1) is 0 Å². The van der Waals surface area contributed by atoms with Gasteiger partial charge in [0.25, 0.3) is 0 Å². The van der Waals surface area contributed by atoms with Crippen molar-refractivity contribution >= 4 is 71.7 Å². The molecule has 3 nitrogen and oxygen atoms in total. The lowest BCUT2D eigenvalue weighted by atomic mass is 9.98. The fourth-order valence-electron chi connectivity index (χ4n) is 8.29. The van der Waals surface area contributed by atoms with Crippen LogP contribution in [0.4, 0.5) is 17.1 Å². The standard InChI is InChI=1S/C52H33NO2/c1-2-12-35(13-3-1)42-19-10-22-46-47-23-11-24-48(52(47)55-51(42)46)53(38-30-26-36(27-31-38)41-18-8-15-34-14-4-5-16-40(34)41)39-32-28-37(29-33-39)43-20-9-21-45-44-17-6-7-25-49(44)54-50(43)45/h1-33H. The summed E-state index contributed by atoms with van der Waals surface area (Å²) in [6.07, 6.45) is 0. The van der Waals surface area contributed by atoms with E-state index < -0.39 is 0 Å². The van der Waals surface area contributed by atoms with Gasteiger partial charge < -0.3 is 13.7 Å². The monoisotopic (exact) mass is 703 g/mol. The highest BCUT2D eigenvalue weighted by Crippen LogP contribution is 2.45. The van der Waals surface area contributed by atoms with Crippen LogP contribution in [-0.4, -0.2) is 0 Å². The number of rotatable bonds is 6. The van der Waals surface area contributed by atoms with Gasteiger partial charge in [0.1, 0.15) is 16.7 Å². The molecule has 0 atom stereocenters. The molecule has 0 amide bonds. The molecule has 258 valence electrons. The third-order valence-corrected chi connectivity index (χ3v) is 10.9. The first-order valence-corrected chi connectivity index (χ1v) is 18.7. The van der Waals surface area contributed by atoms with Crippen LogP contribution in [0.5, 0.6) is 0 Å². The largest absolute Gasteiger partial charge is 0.455 e. The molecule has 0 aliphatic carbocycles. The number of nitrogens with zero attached hydrogens (tertiary/aromatic N) is 1. The minimum absolute atomic E-state index is 0.843. The second-order valence-corrected chi connectivity index (χ2v) is 14.0. The van der Waals surface area contributed by atoms with Gasteiger partial charge in [-0.1, -0.05) is 164 Å². The van der Waals surface area contributed by atoms with Crippen molar-refractivity contribution in [3.8, 4) is 33.4 Å². The van der Waals surface area contributed by atoms with E-state index in [1.807, 2.05) is 18.2 Å². The minimum atomic E-state index is 0.843. The number of hydrogen-bond donors (Lipinski definition) is 0. The maximum Gasteiger partial charge on any atom is 0.159 e. The first-order valence-electron chi connectivity index (χ1n) is 18.7. The molecule has 0 unspecified atom stereocenters. The third-order valence-electron chi connectivity index (χ3n) is 10.9. The van der Waals surface area contributed by atoms with Gasteiger partial charge in [0.05, 0.1) is 5.69 Å². The molecule has 0 N–H and O–H groups in total. The van der Waals surface area contributed by atoms with E-state index in [9.17, 15) is 0 Å². The first-order chi connectivity index (χ1) is 27.3. The quantitative estimate of drug-likeness (QED) is 0.173. The fraction of sp³-hybridized carbons (Fsp3) is 0. The Morgan fingerprint density at radius 3 is 1.49 bits per heavy atom. The zero-order valence-corrected chi connectivity index (χ0v) is 29.8. The molecule has 11 rings (SSSR count). The molecule has 55 heavy (non-hydrogen) atoms. The topological polar surface area (TPSA) is 29.5 Å². The number of anilines is 3. The van der Waals surface area contributed by atoms with Crippen molar-refractivity contribution in [2.75, 3.05) is 4.90 Å². The molecule has 0 saturated heterocycles. The Morgan fingerprint density at radius 2 is 0.764 bits per heavy atom. The van der Waals surface area contributed by atoms with Crippen LogP contribution in [0.15, 0.2) is 209 Å². The molecule has 0 bridgehead atoms. The molecule has 0 aliphatic heterocycles. The second-order valence-electron chi connectivity index (χ2n) is 14.0. The maximum absolute atomic E-state index is 6.95. The van der Waals surface area contributed by atoms with Gasteiger partial charge >= 0.3 is 0 Å². The number of fused-ring (bicyclic) bond motifs is 7. The van der Waals surface area contributed by atoms with Gasteiger partial charge in [-0.25, -0.2) is 0 Å². The predicted molar refractivity (Wildman–Crippen MR) is 229 cm³/mol. The summed E-state index contributed by atoms with van der Waals surface area (Å²) in [6, 6.07) is 70.8. The molecule has 0 fully saturated rings. The van der Waals surface area contributed by atoms with Crippen molar-refractivity contribution in [3.63, 3.8) is 0 Å². The average Bonchev–Trinajstić information content (AvgIpc) is 3.84. The van der Waals surface area contributed by atoms with Crippen LogP contribution in [0.2, 0.25) is 0 Å². The summed E-state index contributed by atoms with van der Waals surface area (Å²) in [5.74, 6) is 0. The summed E-state index contributed by atoms with van der Waals surface area (Å²) >= 11 is 0. The summed E-state index contributed by atoms with van der Waals surface area (Å²) in [7, 11) is 0. The van der Waals surface area contributed by atoms with Crippen molar-refractivity contribution in [3.05, 3.63) is 200 Å². The minimum Gasteiger partial charge on any atom is -0.455 e. The second kappa shape index (κ2) is 12.6. The van der Waals surface area contributed by atoms with E-state index >= 15 is 0 Å². The summed E-state index contributed by atoms with van der Waals surface area (Å²) < 4.78 is 13.4. The van der Waals surface area contributed by atoms with Gasteiger partial charge in [0.2, 0.25) is 0 Å². The SMILES string of the molecule is c1ccc(-c2cccc3c2oc2c(N(c4ccc(-c5cccc6ccccc56)cc4)c4ccc(-c5cccc6c5oc5ccccc56)cc4)cccc23)cc1. The number of para-hydroxylation sites is 4. The van der Waals surface area contributed by atoms with E-state index in [1.165, 1.54) is 21.9 Å². The van der Waals surface area contributed by atoms with E-state index in [1.54, 1.807) is 0 Å². The summed E-state index contributed by atoms with van der Waals surface area (Å²) in [5.41, 5.74) is 13.3. The first kappa shape index (κ1) is 31.2. The molecule has 2 aromatic heterocycles. The lowest BCUT2D eigenvalue weighted by molar-refractivity contribution is 0.670. The highest BCUT2D eigenvalue weighted by atomic mass is 16.3. The Morgan fingerprint density at radius 1 is 0.291 bits per heavy atom. The van der Waals surface area contributed by atoms with Gasteiger partial charge in [-0.2, -0.15) is 0 Å². The van der Waals surface area contributed by atoms with Crippen LogP contribution in [-0.2, 0) is 0 Å². The van der Waals surface area contributed by atoms with E-state index in [0.717, 1.165) is 83.2 Å². The predicted octanol–water partition coefficient (Wildman–Crippen LogP) is 15.1. The summed E-state index contributed by atoms with van der Waals surface area (Å²) in [4.78, 5) is 2.31. The van der Waals surface area contributed by atoms with Crippen molar-refractivity contribution in [1.29, 1.82) is 0 Å². The number of hydrogen-bond acceptors (Lipinski definition) is 3. The maximum atomic E-state index is 6.95. The Balaban J connectivity index is 1.08. The van der Waals surface area contributed by atoms with E-state index in [-0.39, 0.29) is 0 Å². The van der Waals surface area contributed by atoms with Crippen molar-refractivity contribution in [2.24, 2.45) is 0 Å². The van der Waals surface area contributed by atoms with Crippen molar-refractivity contribution in [1.82, 2.24) is 0 Å². The number of furan rings is 2. The van der Waals surface area contributed by atoms with Crippen LogP contribution in [0.3, 0.4) is 0 Å². The molecule has 2 heterocycles. The molecule has 0 saturated carbocycles. The van der Waals surface area contributed by atoms with Crippen LogP contribution < -0.4 is 4.90 Å². The van der Waals surface area contributed by atoms with Gasteiger partial charge in [0, 0.05) is 44.0 Å². The third kappa shape index (κ3) is 5.13. The number of benzene rings is 9. The van der Waals surface area contributed by atoms with E-state index in [0.29, 0.717) is 0 Å². The molecular formula is C52H33NO2. The van der Waals surface area contributed by atoms with Crippen molar-refractivity contribution in [2.45, 2.75) is 0 Å². The van der Waals surface area contributed by atoms with Gasteiger partial charge in [-0.15, -0.1) is 0 Å². The van der Waals surface area contributed by atoms with Gasteiger partial charge in [-0.3, -0.25) is 0 Å². The molecule has 0 spiro atoms. The van der Waals surface area contributed by atoms with Crippen LogP contribution >= 0.6 is 0 Å². The molecule has 0 aliphatic rings. The Hall–Kier alpha value is -7.36. The van der Waals surface area contributed by atoms with Crippen LogP contribution in [0.25, 0.3) is 88.0 Å². The Kier molecular flexibility index (Phi) is 7.17. The highest BCUT2D eigenvalue weighted by Gasteiger charge is 2.21. The lowest BCUT2D eigenvalue weighted by Gasteiger charge is -2.26. The normalized spacial score (nSPS) is 11.6.